The summed E-state index contributed by atoms with van der Waals surface area (Å²) in [6.45, 7) is 2.07. The van der Waals surface area contributed by atoms with Gasteiger partial charge in [0.2, 0.25) is 11.8 Å². The summed E-state index contributed by atoms with van der Waals surface area (Å²) >= 11 is 0. The molecule has 0 bridgehead atoms. The molecule has 7 heteroatoms. The number of nitrogens with zero attached hydrogens (tertiary/aromatic N) is 2. The van der Waals surface area contributed by atoms with Gasteiger partial charge in [-0.25, -0.2) is 0 Å². The van der Waals surface area contributed by atoms with Crippen LogP contribution in [0.4, 0.5) is 11.5 Å². The van der Waals surface area contributed by atoms with E-state index in [0.717, 1.165) is 5.69 Å². The third-order valence-electron chi connectivity index (χ3n) is 3.74. The highest BCUT2D eigenvalue weighted by molar-refractivity contribution is 6.03. The second-order valence-corrected chi connectivity index (χ2v) is 5.42. The third kappa shape index (κ3) is 3.18. The molecule has 0 aliphatic carbocycles. The van der Waals surface area contributed by atoms with Crippen molar-refractivity contribution in [3.63, 3.8) is 0 Å². The molecule has 2 amide bonds. The number of aromatic nitrogens is 1. The topological polar surface area (TPSA) is 84.7 Å². The Morgan fingerprint density at radius 2 is 2.26 bits per heavy atom. The number of carbonyl (C=O) groups excluding carboxylic acids is 2. The van der Waals surface area contributed by atoms with Crippen molar-refractivity contribution in [3.8, 4) is 5.75 Å². The zero-order valence-electron chi connectivity index (χ0n) is 12.9. The van der Waals surface area contributed by atoms with Gasteiger partial charge in [0.1, 0.15) is 11.5 Å². The van der Waals surface area contributed by atoms with Crippen LogP contribution >= 0.6 is 0 Å². The summed E-state index contributed by atoms with van der Waals surface area (Å²) in [4.78, 5) is 26.1. The minimum atomic E-state index is -0.425. The van der Waals surface area contributed by atoms with E-state index >= 15 is 0 Å². The van der Waals surface area contributed by atoms with E-state index in [1.165, 1.54) is 0 Å². The van der Waals surface area contributed by atoms with E-state index in [1.54, 1.807) is 37.1 Å². The van der Waals surface area contributed by atoms with Gasteiger partial charge < -0.3 is 19.5 Å². The second-order valence-electron chi connectivity index (χ2n) is 5.42. The van der Waals surface area contributed by atoms with Gasteiger partial charge in [-0.05, 0) is 19.1 Å². The van der Waals surface area contributed by atoms with Gasteiger partial charge in [-0.1, -0.05) is 11.2 Å². The van der Waals surface area contributed by atoms with Crippen molar-refractivity contribution in [1.82, 2.24) is 5.16 Å². The molecule has 1 aromatic heterocycles. The number of ether oxygens (including phenoxy) is 1. The molecule has 7 nitrogen and oxygen atoms in total. The van der Waals surface area contributed by atoms with E-state index in [0.29, 0.717) is 23.9 Å². The van der Waals surface area contributed by atoms with E-state index in [2.05, 4.69) is 10.5 Å². The Balaban J connectivity index is 1.70. The fourth-order valence-corrected chi connectivity index (χ4v) is 2.56. The van der Waals surface area contributed by atoms with Crippen molar-refractivity contribution in [2.45, 2.75) is 13.3 Å². The molecule has 1 saturated heterocycles. The molecule has 1 atom stereocenters. The van der Waals surface area contributed by atoms with Crippen LogP contribution in [0.15, 0.2) is 34.9 Å². The highest BCUT2D eigenvalue weighted by atomic mass is 16.5. The average molecular weight is 315 g/mol. The van der Waals surface area contributed by atoms with Crippen molar-refractivity contribution < 1.29 is 18.8 Å². The Kier molecular flexibility index (Phi) is 4.01. The molecule has 1 fully saturated rings. The fourth-order valence-electron chi connectivity index (χ4n) is 2.56. The molecule has 0 spiro atoms. The molecule has 1 aromatic carbocycles. The van der Waals surface area contributed by atoms with Gasteiger partial charge in [-0.3, -0.25) is 9.59 Å². The zero-order chi connectivity index (χ0) is 16.4. The van der Waals surface area contributed by atoms with Crippen LogP contribution in [0.1, 0.15) is 12.2 Å². The van der Waals surface area contributed by atoms with Crippen LogP contribution < -0.4 is 15.0 Å². The summed E-state index contributed by atoms with van der Waals surface area (Å²) in [6.07, 6.45) is 0.167. The summed E-state index contributed by atoms with van der Waals surface area (Å²) < 4.78 is 10.1. The van der Waals surface area contributed by atoms with E-state index in [-0.39, 0.29) is 18.2 Å². The lowest BCUT2D eigenvalue weighted by atomic mass is 10.1. The molecule has 120 valence electrons. The summed E-state index contributed by atoms with van der Waals surface area (Å²) in [6, 6.07) is 8.85. The maximum Gasteiger partial charge on any atom is 0.231 e. The highest BCUT2D eigenvalue weighted by Gasteiger charge is 2.35. The van der Waals surface area contributed by atoms with Gasteiger partial charge in [0.15, 0.2) is 5.82 Å². The lowest BCUT2D eigenvalue weighted by Gasteiger charge is -2.17. The van der Waals surface area contributed by atoms with Crippen molar-refractivity contribution in [2.75, 3.05) is 23.9 Å². The zero-order valence-corrected chi connectivity index (χ0v) is 12.9. The van der Waals surface area contributed by atoms with E-state index < -0.39 is 5.92 Å². The number of anilines is 2. The number of amides is 2. The molecular weight excluding hydrogens is 298 g/mol. The Morgan fingerprint density at radius 1 is 1.43 bits per heavy atom. The SMILES string of the molecule is COc1cccc(N2C[C@@H](C(=O)Nc3cc(C)on3)CC2=O)c1. The molecule has 0 radical (unpaired) electrons. The number of nitrogens with one attached hydrogen (secondary N) is 1. The minimum Gasteiger partial charge on any atom is -0.497 e. The molecule has 0 saturated carbocycles. The number of rotatable bonds is 4. The smallest absolute Gasteiger partial charge is 0.231 e. The molecule has 3 rings (SSSR count). The van der Waals surface area contributed by atoms with Crippen LogP contribution in [0.2, 0.25) is 0 Å². The van der Waals surface area contributed by atoms with Gasteiger partial charge in [-0.2, -0.15) is 0 Å². The van der Waals surface area contributed by atoms with E-state index in [9.17, 15) is 9.59 Å². The molecule has 0 unspecified atom stereocenters. The number of carbonyl (C=O) groups is 2. The van der Waals surface area contributed by atoms with E-state index in [4.69, 9.17) is 9.26 Å². The summed E-state index contributed by atoms with van der Waals surface area (Å²) in [5, 5.41) is 6.40. The Morgan fingerprint density at radius 3 is 2.96 bits per heavy atom. The van der Waals surface area contributed by atoms with E-state index in [1.807, 2.05) is 12.1 Å². The van der Waals surface area contributed by atoms with Crippen LogP contribution in [-0.4, -0.2) is 30.6 Å². The first kappa shape index (κ1) is 15.1. The minimum absolute atomic E-state index is 0.0882. The van der Waals surface area contributed by atoms with Crippen LogP contribution in [0.25, 0.3) is 0 Å². The molecule has 1 N–H and O–H groups in total. The lowest BCUT2D eigenvalue weighted by Crippen LogP contribution is -2.28. The van der Waals surface area contributed by atoms with Crippen LogP contribution in [0.3, 0.4) is 0 Å². The Bertz CT molecular complexity index is 740. The standard InChI is InChI=1S/C16H17N3O4/c1-10-6-14(18-23-10)17-16(21)11-7-15(20)19(9-11)12-4-3-5-13(8-12)22-2/h3-6,8,11H,7,9H2,1-2H3,(H,17,18,21)/t11-/m0/s1. The van der Waals surface area contributed by atoms with Crippen molar-refractivity contribution in [1.29, 1.82) is 0 Å². The van der Waals surface area contributed by atoms with Crippen LogP contribution in [0, 0.1) is 12.8 Å². The lowest BCUT2D eigenvalue weighted by molar-refractivity contribution is -0.122. The second kappa shape index (κ2) is 6.12. The molecule has 1 aliphatic heterocycles. The Hall–Kier alpha value is -2.83. The molecule has 2 heterocycles. The first-order valence-corrected chi connectivity index (χ1v) is 7.25. The normalized spacial score (nSPS) is 17.4. The first-order valence-electron chi connectivity index (χ1n) is 7.25. The van der Waals surface area contributed by atoms with Crippen LogP contribution in [-0.2, 0) is 9.59 Å². The molecule has 1 aliphatic rings. The largest absolute Gasteiger partial charge is 0.497 e. The average Bonchev–Trinajstić information content (AvgIpc) is 3.13. The Labute approximate surface area is 133 Å². The predicted octanol–water partition coefficient (Wildman–Crippen LogP) is 1.98. The number of hydrogen-bond acceptors (Lipinski definition) is 5. The maximum absolute atomic E-state index is 12.3. The quantitative estimate of drug-likeness (QED) is 0.932. The van der Waals surface area contributed by atoms with Crippen LogP contribution in [0.5, 0.6) is 5.75 Å². The van der Waals surface area contributed by atoms with Gasteiger partial charge in [0.05, 0.1) is 13.0 Å². The number of methoxy groups -OCH3 is 1. The number of benzene rings is 1. The van der Waals surface area contributed by atoms with Crippen molar-refractivity contribution in [2.24, 2.45) is 5.92 Å². The summed E-state index contributed by atoms with van der Waals surface area (Å²) in [5.41, 5.74) is 0.724. The monoisotopic (exact) mass is 315 g/mol. The molecule has 2 aromatic rings. The summed E-state index contributed by atoms with van der Waals surface area (Å²) in [7, 11) is 1.57. The van der Waals surface area contributed by atoms with Gasteiger partial charge in [-0.15, -0.1) is 0 Å². The molecular formula is C16H17N3O4. The van der Waals surface area contributed by atoms with Crippen molar-refractivity contribution >= 4 is 23.3 Å². The number of hydrogen-bond donors (Lipinski definition) is 1. The molecule has 23 heavy (non-hydrogen) atoms. The van der Waals surface area contributed by atoms with Gasteiger partial charge in [0.25, 0.3) is 0 Å². The third-order valence-corrected chi connectivity index (χ3v) is 3.74. The predicted molar refractivity (Wildman–Crippen MR) is 83.3 cm³/mol. The maximum atomic E-state index is 12.3. The van der Waals surface area contributed by atoms with Crippen molar-refractivity contribution in [3.05, 3.63) is 36.1 Å². The van der Waals surface area contributed by atoms with Gasteiger partial charge >= 0.3 is 0 Å². The highest BCUT2D eigenvalue weighted by Crippen LogP contribution is 2.28. The first-order chi connectivity index (χ1) is 11.1. The number of aryl methyl sites for hydroxylation is 1. The summed E-state index contributed by atoms with van der Waals surface area (Å²) in [5.74, 6) is 0.888. The fraction of sp³-hybridized carbons (Fsp3) is 0.312. The van der Waals surface area contributed by atoms with Gasteiger partial charge in [0, 0.05) is 30.8 Å².